The summed E-state index contributed by atoms with van der Waals surface area (Å²) in [7, 11) is 2.06. The van der Waals surface area contributed by atoms with Crippen LogP contribution in [0.4, 0.5) is 0 Å². The zero-order valence-corrected chi connectivity index (χ0v) is 10.6. The lowest BCUT2D eigenvalue weighted by Crippen LogP contribution is -2.50. The molecule has 1 aliphatic heterocycles. The van der Waals surface area contributed by atoms with E-state index < -0.39 is 0 Å². The summed E-state index contributed by atoms with van der Waals surface area (Å²) >= 11 is 0. The molecule has 0 spiro atoms. The molecule has 2 aliphatic rings. The first-order chi connectivity index (χ1) is 7.61. The van der Waals surface area contributed by atoms with Crippen LogP contribution in [-0.2, 0) is 0 Å². The molecule has 3 heteroatoms. The van der Waals surface area contributed by atoms with Crippen molar-refractivity contribution in [3.05, 3.63) is 0 Å². The second kappa shape index (κ2) is 4.35. The van der Waals surface area contributed by atoms with Gasteiger partial charge >= 0.3 is 0 Å². The van der Waals surface area contributed by atoms with Gasteiger partial charge in [-0.1, -0.05) is 0 Å². The van der Waals surface area contributed by atoms with E-state index in [1.165, 1.54) is 38.8 Å². The lowest BCUT2D eigenvalue weighted by atomic mass is 9.89. The standard InChI is InChI=1S/C13H23N3/c1-12(15-2)6-9-16(10-7-12)11-13(3-4-13)5-8-14/h15H,3-7,9-11H2,1-2H3. The van der Waals surface area contributed by atoms with E-state index in [-0.39, 0.29) is 0 Å². The van der Waals surface area contributed by atoms with Crippen molar-refractivity contribution < 1.29 is 0 Å². The van der Waals surface area contributed by atoms with Crippen LogP contribution in [0, 0.1) is 16.7 Å². The molecule has 90 valence electrons. The molecule has 2 rings (SSSR count). The number of nitriles is 1. The van der Waals surface area contributed by atoms with Crippen LogP contribution in [0.1, 0.15) is 39.0 Å². The van der Waals surface area contributed by atoms with Gasteiger partial charge in [-0.3, -0.25) is 0 Å². The molecule has 1 N–H and O–H groups in total. The molecule has 0 atom stereocenters. The number of nitrogens with zero attached hydrogens (tertiary/aromatic N) is 2. The quantitative estimate of drug-likeness (QED) is 0.786. The van der Waals surface area contributed by atoms with E-state index in [9.17, 15) is 0 Å². The third-order valence-electron chi connectivity index (χ3n) is 4.53. The maximum absolute atomic E-state index is 8.81. The van der Waals surface area contributed by atoms with Gasteiger partial charge in [-0.15, -0.1) is 0 Å². The van der Waals surface area contributed by atoms with Gasteiger partial charge in [-0.25, -0.2) is 0 Å². The Kier molecular flexibility index (Phi) is 3.23. The fourth-order valence-corrected chi connectivity index (χ4v) is 2.66. The number of hydrogen-bond acceptors (Lipinski definition) is 3. The van der Waals surface area contributed by atoms with Crippen molar-refractivity contribution in [3.8, 4) is 6.07 Å². The van der Waals surface area contributed by atoms with Gasteiger partial charge in [0.05, 0.1) is 6.07 Å². The van der Waals surface area contributed by atoms with E-state index in [2.05, 4.69) is 30.3 Å². The van der Waals surface area contributed by atoms with E-state index in [0.717, 1.165) is 13.0 Å². The molecule has 0 aromatic rings. The van der Waals surface area contributed by atoms with Crippen molar-refractivity contribution in [3.63, 3.8) is 0 Å². The molecular formula is C13H23N3. The minimum Gasteiger partial charge on any atom is -0.314 e. The third kappa shape index (κ3) is 2.56. The Bertz CT molecular complexity index is 280. The molecule has 0 bridgehead atoms. The Hall–Kier alpha value is -0.590. The topological polar surface area (TPSA) is 39.1 Å². The SMILES string of the molecule is CNC1(C)CCN(CC2(CC#N)CC2)CC1. The predicted octanol–water partition coefficient (Wildman–Crippen LogP) is 1.75. The molecule has 0 aromatic carbocycles. The van der Waals surface area contributed by atoms with Crippen LogP contribution in [0.15, 0.2) is 0 Å². The largest absolute Gasteiger partial charge is 0.314 e. The van der Waals surface area contributed by atoms with Crippen molar-refractivity contribution in [2.45, 2.75) is 44.6 Å². The molecule has 0 aromatic heterocycles. The molecule has 0 amide bonds. The average molecular weight is 221 g/mol. The van der Waals surface area contributed by atoms with Gasteiger partial charge in [-0.2, -0.15) is 5.26 Å². The highest BCUT2D eigenvalue weighted by atomic mass is 15.2. The van der Waals surface area contributed by atoms with E-state index in [1.54, 1.807) is 0 Å². The monoisotopic (exact) mass is 221 g/mol. The maximum Gasteiger partial charge on any atom is 0.0628 e. The van der Waals surface area contributed by atoms with Gasteiger partial charge in [0.1, 0.15) is 0 Å². The van der Waals surface area contributed by atoms with Gasteiger partial charge in [0.25, 0.3) is 0 Å². The molecule has 0 unspecified atom stereocenters. The molecule has 1 aliphatic carbocycles. The van der Waals surface area contributed by atoms with Crippen molar-refractivity contribution in [2.75, 3.05) is 26.7 Å². The van der Waals surface area contributed by atoms with Crippen LogP contribution in [0.3, 0.4) is 0 Å². The molecule has 0 radical (unpaired) electrons. The molecule has 1 heterocycles. The number of hydrogen-bond donors (Lipinski definition) is 1. The Labute approximate surface area is 98.8 Å². The van der Waals surface area contributed by atoms with Crippen LogP contribution in [0.25, 0.3) is 0 Å². The zero-order chi connectivity index (χ0) is 11.6. The minimum absolute atomic E-state index is 0.336. The molecule has 1 saturated carbocycles. The third-order valence-corrected chi connectivity index (χ3v) is 4.53. The van der Waals surface area contributed by atoms with Crippen molar-refractivity contribution in [1.29, 1.82) is 5.26 Å². The zero-order valence-electron chi connectivity index (χ0n) is 10.6. The maximum atomic E-state index is 8.81. The van der Waals surface area contributed by atoms with Crippen LogP contribution < -0.4 is 5.32 Å². The summed E-state index contributed by atoms with van der Waals surface area (Å²) in [5, 5.41) is 12.2. The first-order valence-corrected chi connectivity index (χ1v) is 6.40. The Morgan fingerprint density at radius 3 is 2.31 bits per heavy atom. The number of rotatable bonds is 4. The smallest absolute Gasteiger partial charge is 0.0628 e. The fraction of sp³-hybridized carbons (Fsp3) is 0.923. The number of piperidine rings is 1. The minimum atomic E-state index is 0.336. The Balaban J connectivity index is 1.80. The first-order valence-electron chi connectivity index (χ1n) is 6.40. The second-order valence-electron chi connectivity index (χ2n) is 5.92. The molecule has 1 saturated heterocycles. The summed E-state index contributed by atoms with van der Waals surface area (Å²) < 4.78 is 0. The summed E-state index contributed by atoms with van der Waals surface area (Å²) in [5.41, 5.74) is 0.713. The van der Waals surface area contributed by atoms with Crippen molar-refractivity contribution >= 4 is 0 Å². The summed E-state index contributed by atoms with van der Waals surface area (Å²) in [4.78, 5) is 2.56. The van der Waals surface area contributed by atoms with E-state index in [0.29, 0.717) is 11.0 Å². The highest BCUT2D eigenvalue weighted by Crippen LogP contribution is 2.49. The predicted molar refractivity (Wildman–Crippen MR) is 65.0 cm³/mol. The molecule has 16 heavy (non-hydrogen) atoms. The average Bonchev–Trinajstić information content (AvgIpc) is 3.03. The van der Waals surface area contributed by atoms with E-state index in [1.807, 2.05) is 0 Å². The summed E-state index contributed by atoms with van der Waals surface area (Å²) in [6, 6.07) is 2.35. The Morgan fingerprint density at radius 1 is 1.25 bits per heavy atom. The highest BCUT2D eigenvalue weighted by Gasteiger charge is 2.44. The van der Waals surface area contributed by atoms with E-state index >= 15 is 0 Å². The van der Waals surface area contributed by atoms with Crippen LogP contribution in [-0.4, -0.2) is 37.1 Å². The van der Waals surface area contributed by atoms with Crippen molar-refractivity contribution in [1.82, 2.24) is 10.2 Å². The number of likely N-dealkylation sites (tertiary alicyclic amines) is 1. The molecular weight excluding hydrogens is 198 g/mol. The first kappa shape index (κ1) is 11.9. The highest BCUT2D eigenvalue weighted by molar-refractivity contribution is 5.02. The van der Waals surface area contributed by atoms with Crippen LogP contribution in [0.2, 0.25) is 0 Å². The fourth-order valence-electron chi connectivity index (χ4n) is 2.66. The van der Waals surface area contributed by atoms with Gasteiger partial charge in [0, 0.05) is 18.5 Å². The lowest BCUT2D eigenvalue weighted by molar-refractivity contribution is 0.129. The summed E-state index contributed by atoms with van der Waals surface area (Å²) in [5.74, 6) is 0. The summed E-state index contributed by atoms with van der Waals surface area (Å²) in [6.45, 7) is 5.84. The van der Waals surface area contributed by atoms with Gasteiger partial charge in [0.2, 0.25) is 0 Å². The van der Waals surface area contributed by atoms with Crippen LogP contribution >= 0.6 is 0 Å². The van der Waals surface area contributed by atoms with Gasteiger partial charge < -0.3 is 10.2 Å². The molecule has 2 fully saturated rings. The second-order valence-corrected chi connectivity index (χ2v) is 5.92. The molecule has 3 nitrogen and oxygen atoms in total. The van der Waals surface area contributed by atoms with Gasteiger partial charge in [-0.05, 0) is 58.2 Å². The lowest BCUT2D eigenvalue weighted by Gasteiger charge is -2.40. The summed E-state index contributed by atoms with van der Waals surface area (Å²) in [6.07, 6.45) is 5.74. The Morgan fingerprint density at radius 2 is 1.88 bits per heavy atom. The van der Waals surface area contributed by atoms with Gasteiger partial charge in [0.15, 0.2) is 0 Å². The normalized spacial score (nSPS) is 27.3. The van der Waals surface area contributed by atoms with Crippen molar-refractivity contribution in [2.24, 2.45) is 5.41 Å². The number of nitrogens with one attached hydrogen (secondary N) is 1. The van der Waals surface area contributed by atoms with Crippen LogP contribution in [0.5, 0.6) is 0 Å². The van der Waals surface area contributed by atoms with E-state index in [4.69, 9.17) is 5.26 Å².